The Labute approximate surface area is 94.4 Å². The molecule has 0 radical (unpaired) electrons. The van der Waals surface area contributed by atoms with Crippen LogP contribution in [0.3, 0.4) is 0 Å². The molecule has 0 saturated heterocycles. The smallest absolute Gasteiger partial charge is 0.142 e. The Morgan fingerprint density at radius 3 is 2.81 bits per heavy atom. The molecule has 5 heteroatoms. The number of hydrogen-bond acceptors (Lipinski definition) is 3. The van der Waals surface area contributed by atoms with E-state index in [0.29, 0.717) is 5.82 Å². The third kappa shape index (κ3) is 1.86. The van der Waals surface area contributed by atoms with Gasteiger partial charge in [0, 0.05) is 37.2 Å². The van der Waals surface area contributed by atoms with E-state index < -0.39 is 6.10 Å². The maximum absolute atomic E-state index is 10.2. The lowest BCUT2D eigenvalue weighted by Crippen LogP contribution is -2.08. The molecule has 0 aliphatic rings. The van der Waals surface area contributed by atoms with Gasteiger partial charge in [0.15, 0.2) is 0 Å². The van der Waals surface area contributed by atoms with Crippen molar-refractivity contribution in [3.63, 3.8) is 0 Å². The van der Waals surface area contributed by atoms with Gasteiger partial charge in [0.2, 0.25) is 0 Å². The van der Waals surface area contributed by atoms with Crippen molar-refractivity contribution in [1.82, 2.24) is 19.3 Å². The van der Waals surface area contributed by atoms with E-state index in [9.17, 15) is 5.11 Å². The molecule has 86 valence electrons. The van der Waals surface area contributed by atoms with Gasteiger partial charge in [-0.05, 0) is 13.8 Å². The van der Waals surface area contributed by atoms with Gasteiger partial charge in [0.25, 0.3) is 0 Å². The Morgan fingerprint density at radius 1 is 1.38 bits per heavy atom. The van der Waals surface area contributed by atoms with Crippen molar-refractivity contribution < 1.29 is 5.11 Å². The highest BCUT2D eigenvalue weighted by Crippen LogP contribution is 2.19. The molecule has 0 bridgehead atoms. The van der Waals surface area contributed by atoms with Crippen LogP contribution in [0.1, 0.15) is 31.3 Å². The van der Waals surface area contributed by atoms with Crippen molar-refractivity contribution in [2.24, 2.45) is 0 Å². The average molecular weight is 220 g/mol. The van der Waals surface area contributed by atoms with E-state index in [-0.39, 0.29) is 0 Å². The summed E-state index contributed by atoms with van der Waals surface area (Å²) in [4.78, 5) is 4.17. The molecule has 0 aliphatic carbocycles. The molecule has 1 N–H and O–H groups in total. The molecule has 2 aromatic heterocycles. The number of imidazole rings is 1. The highest BCUT2D eigenvalue weighted by Gasteiger charge is 2.17. The Balaban J connectivity index is 2.27. The second kappa shape index (κ2) is 4.49. The van der Waals surface area contributed by atoms with E-state index in [2.05, 4.69) is 10.1 Å². The van der Waals surface area contributed by atoms with Crippen LogP contribution in [0.4, 0.5) is 0 Å². The Bertz CT molecular complexity index is 460. The van der Waals surface area contributed by atoms with Crippen molar-refractivity contribution in [3.8, 4) is 0 Å². The first-order chi connectivity index (χ1) is 7.76. The first-order valence-electron chi connectivity index (χ1n) is 5.47. The summed E-state index contributed by atoms with van der Waals surface area (Å²) < 4.78 is 3.71. The van der Waals surface area contributed by atoms with Crippen LogP contribution in [0.15, 0.2) is 24.8 Å². The third-order valence-electron chi connectivity index (χ3n) is 2.63. The highest BCUT2D eigenvalue weighted by atomic mass is 16.3. The van der Waals surface area contributed by atoms with Gasteiger partial charge in [0.05, 0.1) is 6.20 Å². The first kappa shape index (κ1) is 10.9. The van der Waals surface area contributed by atoms with Gasteiger partial charge >= 0.3 is 0 Å². The van der Waals surface area contributed by atoms with E-state index in [1.54, 1.807) is 17.1 Å². The fourth-order valence-corrected chi connectivity index (χ4v) is 1.68. The fraction of sp³-hybridized carbons (Fsp3) is 0.455. The number of rotatable bonds is 4. The van der Waals surface area contributed by atoms with Crippen molar-refractivity contribution in [1.29, 1.82) is 0 Å². The summed E-state index contributed by atoms with van der Waals surface area (Å²) in [7, 11) is 0. The average Bonchev–Trinajstić information content (AvgIpc) is 2.96. The zero-order valence-corrected chi connectivity index (χ0v) is 9.54. The molecular weight excluding hydrogens is 204 g/mol. The summed E-state index contributed by atoms with van der Waals surface area (Å²) in [5, 5.41) is 14.3. The molecule has 16 heavy (non-hydrogen) atoms. The predicted octanol–water partition coefficient (Wildman–Crippen LogP) is 1.20. The Kier molecular flexibility index (Phi) is 3.05. The molecule has 5 nitrogen and oxygen atoms in total. The lowest BCUT2D eigenvalue weighted by molar-refractivity contribution is 0.204. The summed E-state index contributed by atoms with van der Waals surface area (Å²) in [6.45, 7) is 5.63. The lowest BCUT2D eigenvalue weighted by Gasteiger charge is -2.09. The van der Waals surface area contributed by atoms with Crippen molar-refractivity contribution >= 4 is 0 Å². The summed E-state index contributed by atoms with van der Waals surface area (Å²) in [5.74, 6) is 0.665. The molecule has 2 rings (SSSR count). The van der Waals surface area contributed by atoms with Gasteiger partial charge in [-0.1, -0.05) is 0 Å². The minimum Gasteiger partial charge on any atom is -0.380 e. The molecule has 0 spiro atoms. The van der Waals surface area contributed by atoms with Gasteiger partial charge in [-0.2, -0.15) is 5.10 Å². The maximum Gasteiger partial charge on any atom is 0.142 e. The van der Waals surface area contributed by atoms with Crippen LogP contribution < -0.4 is 0 Å². The first-order valence-corrected chi connectivity index (χ1v) is 5.47. The summed E-state index contributed by atoms with van der Waals surface area (Å²) in [6.07, 6.45) is 6.40. The highest BCUT2D eigenvalue weighted by molar-refractivity contribution is 5.17. The van der Waals surface area contributed by atoms with Crippen LogP contribution in [0.5, 0.6) is 0 Å². The predicted molar refractivity (Wildman–Crippen MR) is 59.9 cm³/mol. The monoisotopic (exact) mass is 220 g/mol. The zero-order valence-electron chi connectivity index (χ0n) is 9.54. The standard InChI is InChI=1S/C11H16N4O/c1-3-14-6-5-12-11(14)10(16)9-7-13-15(4-2)8-9/h5-8,10,16H,3-4H2,1-2H3. The van der Waals surface area contributed by atoms with E-state index in [1.807, 2.05) is 30.8 Å². The van der Waals surface area contributed by atoms with Crippen LogP contribution in [-0.4, -0.2) is 24.4 Å². The molecule has 2 heterocycles. The third-order valence-corrected chi connectivity index (χ3v) is 2.63. The number of aliphatic hydroxyl groups is 1. The number of aromatic nitrogens is 4. The summed E-state index contributed by atoms with van der Waals surface area (Å²) >= 11 is 0. The van der Waals surface area contributed by atoms with Gasteiger partial charge in [-0.25, -0.2) is 4.98 Å². The van der Waals surface area contributed by atoms with Crippen LogP contribution in [-0.2, 0) is 13.1 Å². The van der Waals surface area contributed by atoms with Crippen LogP contribution in [0, 0.1) is 0 Å². The topological polar surface area (TPSA) is 55.9 Å². The Hall–Kier alpha value is -1.62. The Morgan fingerprint density at radius 2 is 2.19 bits per heavy atom. The van der Waals surface area contributed by atoms with Crippen molar-refractivity contribution in [2.45, 2.75) is 33.0 Å². The SMILES string of the molecule is CCn1cc(C(O)c2nccn2CC)cn1. The molecule has 0 aromatic carbocycles. The van der Waals surface area contributed by atoms with Gasteiger partial charge < -0.3 is 9.67 Å². The van der Waals surface area contributed by atoms with Crippen LogP contribution >= 0.6 is 0 Å². The van der Waals surface area contributed by atoms with Gasteiger partial charge in [-0.15, -0.1) is 0 Å². The number of nitrogens with zero attached hydrogens (tertiary/aromatic N) is 4. The van der Waals surface area contributed by atoms with Gasteiger partial charge in [0.1, 0.15) is 11.9 Å². The van der Waals surface area contributed by atoms with E-state index in [4.69, 9.17) is 0 Å². The van der Waals surface area contributed by atoms with Crippen LogP contribution in [0.2, 0.25) is 0 Å². The van der Waals surface area contributed by atoms with Crippen molar-refractivity contribution in [3.05, 3.63) is 36.2 Å². The second-order valence-electron chi connectivity index (χ2n) is 3.60. The summed E-state index contributed by atoms with van der Waals surface area (Å²) in [6, 6.07) is 0. The number of aryl methyl sites for hydroxylation is 2. The van der Waals surface area contributed by atoms with Crippen LogP contribution in [0.25, 0.3) is 0 Å². The van der Waals surface area contributed by atoms with Crippen molar-refractivity contribution in [2.75, 3.05) is 0 Å². The number of hydrogen-bond donors (Lipinski definition) is 1. The number of aliphatic hydroxyl groups excluding tert-OH is 1. The zero-order chi connectivity index (χ0) is 11.5. The van der Waals surface area contributed by atoms with E-state index in [1.165, 1.54) is 0 Å². The van der Waals surface area contributed by atoms with E-state index in [0.717, 1.165) is 18.7 Å². The van der Waals surface area contributed by atoms with Gasteiger partial charge in [-0.3, -0.25) is 4.68 Å². The van der Waals surface area contributed by atoms with E-state index >= 15 is 0 Å². The molecule has 0 fully saturated rings. The molecule has 0 saturated carbocycles. The maximum atomic E-state index is 10.2. The lowest BCUT2D eigenvalue weighted by atomic mass is 10.2. The minimum atomic E-state index is -0.699. The molecule has 1 atom stereocenters. The quantitative estimate of drug-likeness (QED) is 0.842. The molecule has 1 unspecified atom stereocenters. The molecule has 0 aliphatic heterocycles. The summed E-state index contributed by atoms with van der Waals surface area (Å²) in [5.41, 5.74) is 0.780. The fourth-order valence-electron chi connectivity index (χ4n) is 1.68. The normalized spacial score (nSPS) is 12.9. The molecule has 2 aromatic rings. The minimum absolute atomic E-state index is 0.665. The molecular formula is C11H16N4O. The molecule has 0 amide bonds. The second-order valence-corrected chi connectivity index (χ2v) is 3.60. The largest absolute Gasteiger partial charge is 0.380 e.